The molecule has 0 fully saturated rings. The fraction of sp³-hybridized carbons (Fsp3) is 0.700. The number of carbonyl (C=O) groups is 1. The van der Waals surface area contributed by atoms with E-state index in [1.165, 1.54) is 13.2 Å². The fourth-order valence-corrected chi connectivity index (χ4v) is 0.510. The molecule has 0 aromatic carbocycles. The van der Waals surface area contributed by atoms with Crippen LogP contribution >= 0.6 is 0 Å². The second-order valence-electron chi connectivity index (χ2n) is 3.35. The van der Waals surface area contributed by atoms with Gasteiger partial charge in [0.25, 0.3) is 0 Å². The summed E-state index contributed by atoms with van der Waals surface area (Å²) >= 11 is 0. The van der Waals surface area contributed by atoms with Gasteiger partial charge in [0.1, 0.15) is 0 Å². The second kappa shape index (κ2) is 6.66. The molecule has 0 aliphatic rings. The van der Waals surface area contributed by atoms with E-state index in [0.717, 1.165) is 0 Å². The van der Waals surface area contributed by atoms with Gasteiger partial charge in [-0.05, 0) is 20.8 Å². The van der Waals surface area contributed by atoms with Crippen molar-refractivity contribution in [3.63, 3.8) is 0 Å². The summed E-state index contributed by atoms with van der Waals surface area (Å²) in [7, 11) is 1.34. The van der Waals surface area contributed by atoms with Crippen molar-refractivity contribution in [2.45, 2.75) is 33.8 Å². The Labute approximate surface area is 80.7 Å². The third-order valence-corrected chi connectivity index (χ3v) is 1.07. The molecule has 0 aliphatic carbocycles. The molecule has 0 radical (unpaired) electrons. The number of carbonyl (C=O) groups excluding carboxylic acids is 1. The first kappa shape index (κ1) is 14.7. The first-order valence-corrected chi connectivity index (χ1v) is 3.84. The number of ether oxygens (including phenoxy) is 2. The van der Waals surface area contributed by atoms with E-state index in [1.807, 2.05) is 20.8 Å². The number of rotatable bonds is 3. The molecule has 3 heteroatoms. The highest BCUT2D eigenvalue weighted by Gasteiger charge is 2.07. The average Bonchev–Trinajstić information content (AvgIpc) is 1.96. The Morgan fingerprint density at radius 2 is 1.92 bits per heavy atom. The highest BCUT2D eigenvalue weighted by atomic mass is 16.5. The zero-order valence-corrected chi connectivity index (χ0v) is 8.09. The smallest absolute Gasteiger partial charge is 0.330 e. The van der Waals surface area contributed by atoms with Gasteiger partial charge in [-0.3, -0.25) is 0 Å². The molecule has 0 saturated carbocycles. The van der Waals surface area contributed by atoms with Crippen LogP contribution in [0.1, 0.15) is 28.2 Å². The van der Waals surface area contributed by atoms with E-state index in [4.69, 9.17) is 4.74 Å². The molecule has 0 aliphatic heterocycles. The summed E-state index contributed by atoms with van der Waals surface area (Å²) in [4.78, 5) is 10.6. The molecular formula is C10H20O3. The van der Waals surface area contributed by atoms with E-state index < -0.39 is 0 Å². The molecule has 0 saturated heterocycles. The highest BCUT2D eigenvalue weighted by molar-refractivity contribution is 5.81. The predicted molar refractivity (Wildman–Crippen MR) is 53.6 cm³/mol. The van der Waals surface area contributed by atoms with Crippen molar-refractivity contribution in [2.75, 3.05) is 13.7 Å². The summed E-state index contributed by atoms with van der Waals surface area (Å²) in [5.41, 5.74) is -0.166. The van der Waals surface area contributed by atoms with E-state index in [-0.39, 0.29) is 19.0 Å². The van der Waals surface area contributed by atoms with Crippen LogP contribution in [0.25, 0.3) is 0 Å². The maximum absolute atomic E-state index is 10.6. The number of esters is 1. The van der Waals surface area contributed by atoms with Gasteiger partial charge in [-0.2, -0.15) is 0 Å². The number of methoxy groups -OCH3 is 1. The third-order valence-electron chi connectivity index (χ3n) is 1.07. The van der Waals surface area contributed by atoms with Crippen molar-refractivity contribution in [1.29, 1.82) is 0 Å². The van der Waals surface area contributed by atoms with Crippen molar-refractivity contribution < 1.29 is 14.3 Å². The maximum Gasteiger partial charge on any atom is 0.330 e. The Morgan fingerprint density at radius 3 is 2.31 bits per heavy atom. The van der Waals surface area contributed by atoms with Gasteiger partial charge in [0, 0.05) is 6.08 Å². The van der Waals surface area contributed by atoms with Gasteiger partial charge in [0.05, 0.1) is 19.3 Å². The van der Waals surface area contributed by atoms with Gasteiger partial charge < -0.3 is 9.47 Å². The Kier molecular flexibility index (Phi) is 7.52. The third kappa shape index (κ3) is 11.2. The van der Waals surface area contributed by atoms with Crippen LogP contribution in [-0.2, 0) is 14.3 Å². The summed E-state index contributed by atoms with van der Waals surface area (Å²) < 4.78 is 9.73. The Morgan fingerprint density at radius 1 is 1.38 bits per heavy atom. The molecule has 0 N–H and O–H groups in total. The van der Waals surface area contributed by atoms with E-state index in [9.17, 15) is 4.79 Å². The van der Waals surface area contributed by atoms with Crippen LogP contribution in [-0.4, -0.2) is 25.3 Å². The van der Waals surface area contributed by atoms with E-state index >= 15 is 0 Å². The van der Waals surface area contributed by atoms with E-state index in [0.29, 0.717) is 6.61 Å². The molecule has 0 atom stereocenters. The molecule has 0 aromatic heterocycles. The minimum Gasteiger partial charge on any atom is -0.466 e. The summed E-state index contributed by atoms with van der Waals surface area (Å²) in [5, 5.41) is 0. The average molecular weight is 188 g/mol. The quantitative estimate of drug-likeness (QED) is 0.503. The zero-order valence-electron chi connectivity index (χ0n) is 8.09. The van der Waals surface area contributed by atoms with Crippen molar-refractivity contribution in [3.05, 3.63) is 12.2 Å². The maximum atomic E-state index is 10.6. The molecule has 0 aromatic rings. The van der Waals surface area contributed by atoms with Crippen molar-refractivity contribution in [3.8, 4) is 0 Å². The SMILES string of the molecule is C.COC(=O)/C=C/COC(C)(C)C. The second-order valence-corrected chi connectivity index (χ2v) is 3.35. The fourth-order valence-electron chi connectivity index (χ4n) is 0.510. The number of hydrogen-bond donors (Lipinski definition) is 0. The minimum absolute atomic E-state index is 0. The van der Waals surface area contributed by atoms with Crippen LogP contribution in [0.3, 0.4) is 0 Å². The monoisotopic (exact) mass is 188 g/mol. The summed E-state index contributed by atoms with van der Waals surface area (Å²) in [6.45, 7) is 6.30. The molecule has 0 amide bonds. The van der Waals surface area contributed by atoms with E-state index in [1.54, 1.807) is 6.08 Å². The number of hydrogen-bond acceptors (Lipinski definition) is 3. The molecule has 13 heavy (non-hydrogen) atoms. The molecule has 0 unspecified atom stereocenters. The predicted octanol–water partition coefficient (Wildman–Crippen LogP) is 2.17. The lowest BCUT2D eigenvalue weighted by Gasteiger charge is -2.17. The summed E-state index contributed by atoms with van der Waals surface area (Å²) in [6, 6.07) is 0. The normalized spacial score (nSPS) is 11.1. The van der Waals surface area contributed by atoms with Gasteiger partial charge in [0.2, 0.25) is 0 Å². The standard InChI is InChI=1S/C9H16O3.CH4/c1-9(2,3)12-7-5-6-8(10)11-4;/h5-6H,7H2,1-4H3;1H4/b6-5+;. The van der Waals surface area contributed by atoms with E-state index in [2.05, 4.69) is 4.74 Å². The Balaban J connectivity index is 0. The molecule has 78 valence electrons. The van der Waals surface area contributed by atoms with Crippen LogP contribution in [0.15, 0.2) is 12.2 Å². The Hall–Kier alpha value is -0.830. The van der Waals surface area contributed by atoms with Crippen LogP contribution in [0.5, 0.6) is 0 Å². The highest BCUT2D eigenvalue weighted by Crippen LogP contribution is 2.05. The van der Waals surface area contributed by atoms with Crippen LogP contribution in [0, 0.1) is 0 Å². The first-order valence-electron chi connectivity index (χ1n) is 3.84. The lowest BCUT2D eigenvalue weighted by molar-refractivity contribution is -0.134. The first-order chi connectivity index (χ1) is 5.45. The van der Waals surface area contributed by atoms with Crippen molar-refractivity contribution in [1.82, 2.24) is 0 Å². The topological polar surface area (TPSA) is 35.5 Å². The minimum atomic E-state index is -0.354. The summed E-state index contributed by atoms with van der Waals surface area (Å²) in [6.07, 6.45) is 2.99. The lowest BCUT2D eigenvalue weighted by atomic mass is 10.2. The molecule has 0 rings (SSSR count). The van der Waals surface area contributed by atoms with Crippen molar-refractivity contribution >= 4 is 5.97 Å². The lowest BCUT2D eigenvalue weighted by Crippen LogP contribution is -2.19. The van der Waals surface area contributed by atoms with Gasteiger partial charge in [-0.1, -0.05) is 13.5 Å². The van der Waals surface area contributed by atoms with Gasteiger partial charge in [0.15, 0.2) is 0 Å². The molecule has 0 spiro atoms. The van der Waals surface area contributed by atoms with Crippen molar-refractivity contribution in [2.24, 2.45) is 0 Å². The van der Waals surface area contributed by atoms with Gasteiger partial charge in [-0.15, -0.1) is 0 Å². The summed E-state index contributed by atoms with van der Waals surface area (Å²) in [5.74, 6) is -0.354. The molecule has 3 nitrogen and oxygen atoms in total. The molecular weight excluding hydrogens is 168 g/mol. The van der Waals surface area contributed by atoms with Gasteiger partial charge >= 0.3 is 5.97 Å². The van der Waals surface area contributed by atoms with Crippen LogP contribution in [0.4, 0.5) is 0 Å². The zero-order chi connectivity index (χ0) is 9.61. The molecule has 0 heterocycles. The Bertz CT molecular complexity index is 165. The van der Waals surface area contributed by atoms with Gasteiger partial charge in [-0.25, -0.2) is 4.79 Å². The molecule has 0 bridgehead atoms. The van der Waals surface area contributed by atoms with Crippen LogP contribution < -0.4 is 0 Å². The largest absolute Gasteiger partial charge is 0.466 e. The van der Waals surface area contributed by atoms with Crippen LogP contribution in [0.2, 0.25) is 0 Å².